The largest absolute Gasteiger partial charge is 0.203 e. The van der Waals surface area contributed by atoms with Gasteiger partial charge in [0.25, 0.3) is 0 Å². The van der Waals surface area contributed by atoms with E-state index in [0.717, 1.165) is 16.6 Å². The average molecular weight is 580 g/mol. The molecule has 4 nitrogen and oxygen atoms in total. The van der Waals surface area contributed by atoms with Crippen LogP contribution in [0.25, 0.3) is 22.9 Å². The van der Waals surface area contributed by atoms with Crippen molar-refractivity contribution in [1.82, 2.24) is 20.2 Å². The standard InChI is InChI=1S/C33H25ClN4P.ClH/c34-28-23-21-26(22-24-28)25-32(38-33(35-36-37-38)27-13-5-1-6-14-27)39(29-15-7-2-8-16-29,30-17-9-3-10-18-30)31-19-11-4-12-20-31;/h1-25H;1H/q+1;/b32-25+;. The van der Waals surface area contributed by atoms with Crippen LogP contribution in [0.1, 0.15) is 5.56 Å². The fourth-order valence-corrected chi connectivity index (χ4v) is 9.35. The maximum atomic E-state index is 6.28. The zero-order valence-corrected chi connectivity index (χ0v) is 23.9. The Labute approximate surface area is 245 Å². The van der Waals surface area contributed by atoms with Crippen LogP contribution in [0.15, 0.2) is 146 Å². The SMILES string of the molecule is Cl.Clc1ccc(/C=C(\n2nnnc2-c2ccccc2)[P+](c2ccccc2)(c2ccccc2)c2ccccc2)cc1. The third kappa shape index (κ3) is 5.22. The first-order valence-corrected chi connectivity index (χ1v) is 14.8. The molecule has 1 aromatic heterocycles. The molecule has 5 aromatic carbocycles. The Hall–Kier alpha value is -4.08. The number of nitrogens with zero attached hydrogens (tertiary/aromatic N) is 4. The Bertz CT molecular complexity index is 1590. The first-order chi connectivity index (χ1) is 19.3. The van der Waals surface area contributed by atoms with E-state index in [-0.39, 0.29) is 12.4 Å². The lowest BCUT2D eigenvalue weighted by Gasteiger charge is -2.29. The van der Waals surface area contributed by atoms with Crippen molar-refractivity contribution in [2.24, 2.45) is 0 Å². The van der Waals surface area contributed by atoms with Crippen LogP contribution in [-0.2, 0) is 0 Å². The molecule has 1 heterocycles. The van der Waals surface area contributed by atoms with E-state index in [9.17, 15) is 0 Å². The molecule has 0 aliphatic carbocycles. The molecule has 196 valence electrons. The topological polar surface area (TPSA) is 43.6 Å². The summed E-state index contributed by atoms with van der Waals surface area (Å²) in [4.78, 5) is 0. The van der Waals surface area contributed by atoms with Crippen molar-refractivity contribution >= 4 is 58.7 Å². The lowest BCUT2D eigenvalue weighted by molar-refractivity contribution is 0.815. The molecule has 0 saturated carbocycles. The molecule has 0 unspecified atom stereocenters. The average Bonchev–Trinajstić information content (AvgIpc) is 3.50. The van der Waals surface area contributed by atoms with Crippen molar-refractivity contribution < 1.29 is 0 Å². The predicted molar refractivity (Wildman–Crippen MR) is 171 cm³/mol. The summed E-state index contributed by atoms with van der Waals surface area (Å²) in [6.07, 6.45) is 2.21. The van der Waals surface area contributed by atoms with Crippen molar-refractivity contribution in [3.8, 4) is 11.4 Å². The molecule has 0 spiro atoms. The molecule has 0 atom stereocenters. The summed E-state index contributed by atoms with van der Waals surface area (Å²) >= 11 is 6.28. The molecular formula is C33H26Cl2N4P+. The normalized spacial score (nSPS) is 11.6. The molecular weight excluding hydrogens is 554 g/mol. The summed E-state index contributed by atoms with van der Waals surface area (Å²) in [5.41, 5.74) is 2.95. The summed E-state index contributed by atoms with van der Waals surface area (Å²) in [6.45, 7) is 0. The Morgan fingerprint density at radius 3 is 1.52 bits per heavy atom. The quantitative estimate of drug-likeness (QED) is 0.185. The highest BCUT2D eigenvalue weighted by Crippen LogP contribution is 2.65. The van der Waals surface area contributed by atoms with Crippen molar-refractivity contribution in [2.75, 3.05) is 0 Å². The van der Waals surface area contributed by atoms with Crippen LogP contribution < -0.4 is 15.9 Å². The highest BCUT2D eigenvalue weighted by Gasteiger charge is 2.52. The molecule has 0 fully saturated rings. The Balaban J connectivity index is 0.00000323. The van der Waals surface area contributed by atoms with Crippen LogP contribution in [0.5, 0.6) is 0 Å². The van der Waals surface area contributed by atoms with Crippen molar-refractivity contribution in [1.29, 1.82) is 0 Å². The van der Waals surface area contributed by atoms with Gasteiger partial charge >= 0.3 is 0 Å². The van der Waals surface area contributed by atoms with Gasteiger partial charge in [-0.05, 0) is 64.5 Å². The van der Waals surface area contributed by atoms with Gasteiger partial charge in [0, 0.05) is 16.7 Å². The predicted octanol–water partition coefficient (Wildman–Crippen LogP) is 7.37. The van der Waals surface area contributed by atoms with Crippen molar-refractivity contribution in [2.45, 2.75) is 0 Å². The van der Waals surface area contributed by atoms with E-state index in [1.807, 2.05) is 59.3 Å². The molecule has 40 heavy (non-hydrogen) atoms. The van der Waals surface area contributed by atoms with Crippen LogP contribution in [0, 0.1) is 0 Å². The highest BCUT2D eigenvalue weighted by atomic mass is 35.5. The minimum absolute atomic E-state index is 0. The molecule has 0 bridgehead atoms. The molecule has 6 aromatic rings. The second kappa shape index (κ2) is 12.4. The third-order valence-corrected chi connectivity index (χ3v) is 11.1. The van der Waals surface area contributed by atoms with Gasteiger partial charge in [-0.2, -0.15) is 4.68 Å². The maximum absolute atomic E-state index is 6.28. The van der Waals surface area contributed by atoms with Crippen molar-refractivity contribution in [3.05, 3.63) is 156 Å². The zero-order chi connectivity index (χ0) is 26.5. The lowest BCUT2D eigenvalue weighted by atomic mass is 10.2. The van der Waals surface area contributed by atoms with Gasteiger partial charge < -0.3 is 0 Å². The fourth-order valence-electron chi connectivity index (χ4n) is 4.92. The van der Waals surface area contributed by atoms with Crippen molar-refractivity contribution in [3.63, 3.8) is 0 Å². The van der Waals surface area contributed by atoms with Gasteiger partial charge in [0.1, 0.15) is 15.9 Å². The van der Waals surface area contributed by atoms with E-state index in [0.29, 0.717) is 10.8 Å². The zero-order valence-electron chi connectivity index (χ0n) is 21.5. The summed E-state index contributed by atoms with van der Waals surface area (Å²) < 4.78 is 1.92. The van der Waals surface area contributed by atoms with E-state index >= 15 is 0 Å². The number of tetrazole rings is 1. The van der Waals surface area contributed by atoms with Gasteiger partial charge in [0.2, 0.25) is 5.44 Å². The van der Waals surface area contributed by atoms with E-state index in [2.05, 4.69) is 113 Å². The Morgan fingerprint density at radius 2 is 1.05 bits per heavy atom. The first kappa shape index (κ1) is 27.5. The van der Waals surface area contributed by atoms with Crippen LogP contribution >= 0.6 is 31.3 Å². The molecule has 0 aliphatic heterocycles. The highest BCUT2D eigenvalue weighted by molar-refractivity contribution is 8.03. The van der Waals surface area contributed by atoms with Crippen LogP contribution in [0.3, 0.4) is 0 Å². The monoisotopic (exact) mass is 579 g/mol. The number of aromatic nitrogens is 4. The molecule has 0 saturated heterocycles. The third-order valence-electron chi connectivity index (χ3n) is 6.66. The number of rotatable bonds is 7. The Morgan fingerprint density at radius 1 is 0.600 bits per heavy atom. The molecule has 7 heteroatoms. The number of hydrogen-bond acceptors (Lipinski definition) is 3. The number of benzene rings is 5. The van der Waals surface area contributed by atoms with Crippen LogP contribution in [-0.4, -0.2) is 20.2 Å². The molecule has 0 radical (unpaired) electrons. The minimum Gasteiger partial charge on any atom is -0.159 e. The molecule has 6 rings (SSSR count). The summed E-state index contributed by atoms with van der Waals surface area (Å²) in [5.74, 6) is 0.683. The van der Waals surface area contributed by atoms with E-state index in [4.69, 9.17) is 11.6 Å². The van der Waals surface area contributed by atoms with E-state index in [1.54, 1.807) is 0 Å². The summed E-state index contributed by atoms with van der Waals surface area (Å²) in [7, 11) is -2.53. The maximum Gasteiger partial charge on any atom is 0.203 e. The first-order valence-electron chi connectivity index (χ1n) is 12.6. The van der Waals surface area contributed by atoms with Gasteiger partial charge in [0.15, 0.2) is 13.1 Å². The van der Waals surface area contributed by atoms with Gasteiger partial charge in [-0.1, -0.05) is 109 Å². The molecule has 0 N–H and O–H groups in total. The van der Waals surface area contributed by atoms with E-state index in [1.165, 1.54) is 15.9 Å². The lowest BCUT2D eigenvalue weighted by Crippen LogP contribution is -2.33. The van der Waals surface area contributed by atoms with Crippen LogP contribution in [0.2, 0.25) is 5.02 Å². The van der Waals surface area contributed by atoms with Gasteiger partial charge in [-0.15, -0.1) is 17.5 Å². The van der Waals surface area contributed by atoms with Crippen LogP contribution in [0.4, 0.5) is 0 Å². The molecule has 0 aliphatic rings. The minimum atomic E-state index is -2.53. The summed E-state index contributed by atoms with van der Waals surface area (Å²) in [6, 6.07) is 50.1. The Kier molecular flexibility index (Phi) is 8.52. The fraction of sp³-hybridized carbons (Fsp3) is 0. The smallest absolute Gasteiger partial charge is 0.159 e. The second-order valence-electron chi connectivity index (χ2n) is 9.01. The van der Waals surface area contributed by atoms with Gasteiger partial charge in [0.05, 0.1) is 0 Å². The summed E-state index contributed by atoms with van der Waals surface area (Å²) in [5, 5.41) is 17.6. The number of hydrogen-bond donors (Lipinski definition) is 0. The van der Waals surface area contributed by atoms with Gasteiger partial charge in [-0.3, -0.25) is 0 Å². The molecule has 0 amide bonds. The number of halogens is 2. The van der Waals surface area contributed by atoms with Gasteiger partial charge in [-0.25, -0.2) is 0 Å². The second-order valence-corrected chi connectivity index (χ2v) is 12.8. The van der Waals surface area contributed by atoms with E-state index < -0.39 is 7.26 Å².